The van der Waals surface area contributed by atoms with E-state index in [1.807, 2.05) is 24.3 Å². The second-order valence-electron chi connectivity index (χ2n) is 4.61. The topological polar surface area (TPSA) is 41.1 Å². The molecule has 0 unspecified atom stereocenters. The maximum absolute atomic E-state index is 12.7. The molecule has 110 valence electrons. The van der Waals surface area contributed by atoms with Crippen LogP contribution < -0.4 is 10.6 Å². The average molecular weight is 351 g/mol. The van der Waals surface area contributed by atoms with E-state index in [1.165, 1.54) is 12.1 Å². The molecule has 0 saturated carbocycles. The lowest BCUT2D eigenvalue weighted by molar-refractivity contribution is 0.240. The standard InChI is InChI=1S/C16H16BrFN2O/c17-14-5-1-13(2-6-14)11-20-16(21)19-10-9-12-3-7-15(18)8-4-12/h1-8H,9-11H2,(H2,19,20,21). The van der Waals surface area contributed by atoms with E-state index in [-0.39, 0.29) is 11.8 Å². The number of benzene rings is 2. The summed E-state index contributed by atoms with van der Waals surface area (Å²) in [5.41, 5.74) is 2.02. The highest BCUT2D eigenvalue weighted by Crippen LogP contribution is 2.10. The summed E-state index contributed by atoms with van der Waals surface area (Å²) in [4.78, 5) is 11.6. The van der Waals surface area contributed by atoms with Crippen LogP contribution in [0.25, 0.3) is 0 Å². The van der Waals surface area contributed by atoms with Crippen molar-refractivity contribution in [2.45, 2.75) is 13.0 Å². The van der Waals surface area contributed by atoms with Crippen molar-refractivity contribution in [1.29, 1.82) is 0 Å². The molecule has 0 saturated heterocycles. The number of amides is 2. The summed E-state index contributed by atoms with van der Waals surface area (Å²) in [6.45, 7) is 0.994. The van der Waals surface area contributed by atoms with E-state index in [2.05, 4.69) is 26.6 Å². The highest BCUT2D eigenvalue weighted by molar-refractivity contribution is 9.10. The van der Waals surface area contributed by atoms with Gasteiger partial charge in [0.2, 0.25) is 0 Å². The summed E-state index contributed by atoms with van der Waals surface area (Å²) < 4.78 is 13.8. The van der Waals surface area contributed by atoms with Gasteiger partial charge in [0.1, 0.15) is 5.82 Å². The maximum atomic E-state index is 12.7. The van der Waals surface area contributed by atoms with E-state index < -0.39 is 0 Å². The molecule has 2 amide bonds. The highest BCUT2D eigenvalue weighted by atomic mass is 79.9. The van der Waals surface area contributed by atoms with E-state index in [1.54, 1.807) is 12.1 Å². The highest BCUT2D eigenvalue weighted by Gasteiger charge is 2.01. The summed E-state index contributed by atoms with van der Waals surface area (Å²) >= 11 is 3.36. The molecule has 0 aromatic heterocycles. The van der Waals surface area contributed by atoms with Crippen LogP contribution in [-0.2, 0) is 13.0 Å². The Morgan fingerprint density at radius 1 is 0.952 bits per heavy atom. The van der Waals surface area contributed by atoms with Crippen molar-refractivity contribution >= 4 is 22.0 Å². The molecule has 2 rings (SSSR count). The Labute approximate surface area is 131 Å². The van der Waals surface area contributed by atoms with Crippen molar-refractivity contribution in [3.63, 3.8) is 0 Å². The van der Waals surface area contributed by atoms with Crippen LogP contribution >= 0.6 is 15.9 Å². The van der Waals surface area contributed by atoms with Gasteiger partial charge >= 0.3 is 6.03 Å². The molecule has 0 atom stereocenters. The number of carbonyl (C=O) groups excluding carboxylic acids is 1. The van der Waals surface area contributed by atoms with Crippen LogP contribution in [0.2, 0.25) is 0 Å². The van der Waals surface area contributed by atoms with Crippen LogP contribution in [0.3, 0.4) is 0 Å². The van der Waals surface area contributed by atoms with Crippen molar-refractivity contribution in [3.05, 3.63) is 69.9 Å². The normalized spacial score (nSPS) is 10.2. The largest absolute Gasteiger partial charge is 0.338 e. The molecule has 2 aromatic rings. The molecule has 0 radical (unpaired) electrons. The van der Waals surface area contributed by atoms with Gasteiger partial charge in [-0.05, 0) is 41.8 Å². The number of urea groups is 1. The molecule has 5 heteroatoms. The molecule has 0 spiro atoms. The first-order valence-corrected chi connectivity index (χ1v) is 7.43. The van der Waals surface area contributed by atoms with E-state index >= 15 is 0 Å². The molecule has 0 aliphatic rings. The molecule has 21 heavy (non-hydrogen) atoms. The van der Waals surface area contributed by atoms with Crippen molar-refractivity contribution < 1.29 is 9.18 Å². The van der Waals surface area contributed by atoms with E-state index in [0.717, 1.165) is 15.6 Å². The molecule has 0 aliphatic carbocycles. The first-order chi connectivity index (χ1) is 10.1. The van der Waals surface area contributed by atoms with Crippen molar-refractivity contribution in [3.8, 4) is 0 Å². The van der Waals surface area contributed by atoms with Gasteiger partial charge in [-0.2, -0.15) is 0 Å². The molecule has 0 bridgehead atoms. The maximum Gasteiger partial charge on any atom is 0.315 e. The average Bonchev–Trinajstić information content (AvgIpc) is 2.49. The molecular formula is C16H16BrFN2O. The van der Waals surface area contributed by atoms with Crippen LogP contribution in [0.15, 0.2) is 53.0 Å². The molecule has 3 nitrogen and oxygen atoms in total. The van der Waals surface area contributed by atoms with Crippen molar-refractivity contribution in [2.75, 3.05) is 6.54 Å². The predicted molar refractivity (Wildman–Crippen MR) is 84.5 cm³/mol. The third-order valence-corrected chi connectivity index (χ3v) is 3.51. The second-order valence-corrected chi connectivity index (χ2v) is 5.53. The Kier molecular flexibility index (Phi) is 5.75. The zero-order chi connectivity index (χ0) is 15.1. The monoisotopic (exact) mass is 350 g/mol. The molecule has 2 N–H and O–H groups in total. The minimum absolute atomic E-state index is 0.208. The summed E-state index contributed by atoms with van der Waals surface area (Å²) in [7, 11) is 0. The van der Waals surface area contributed by atoms with Crippen LogP contribution in [0.1, 0.15) is 11.1 Å². The SMILES string of the molecule is O=C(NCCc1ccc(F)cc1)NCc1ccc(Br)cc1. The van der Waals surface area contributed by atoms with E-state index in [9.17, 15) is 9.18 Å². The van der Waals surface area contributed by atoms with Crippen LogP contribution in [0.4, 0.5) is 9.18 Å². The Morgan fingerprint density at radius 3 is 2.24 bits per heavy atom. The smallest absolute Gasteiger partial charge is 0.315 e. The predicted octanol–water partition coefficient (Wildman–Crippen LogP) is 3.63. The Morgan fingerprint density at radius 2 is 1.57 bits per heavy atom. The van der Waals surface area contributed by atoms with Gasteiger partial charge in [-0.15, -0.1) is 0 Å². The molecule has 2 aromatic carbocycles. The van der Waals surface area contributed by atoms with Gasteiger partial charge in [-0.1, -0.05) is 40.2 Å². The fraction of sp³-hybridized carbons (Fsp3) is 0.188. The minimum atomic E-state index is -0.251. The summed E-state index contributed by atoms with van der Waals surface area (Å²) in [6, 6.07) is 13.8. The number of hydrogen-bond acceptors (Lipinski definition) is 1. The quantitative estimate of drug-likeness (QED) is 0.849. The van der Waals surface area contributed by atoms with E-state index in [4.69, 9.17) is 0 Å². The number of halogens is 2. The van der Waals surface area contributed by atoms with Gasteiger partial charge in [0.15, 0.2) is 0 Å². The van der Waals surface area contributed by atoms with Crippen LogP contribution in [0, 0.1) is 5.82 Å². The number of nitrogens with one attached hydrogen (secondary N) is 2. The van der Waals surface area contributed by atoms with Gasteiger partial charge in [0.05, 0.1) is 0 Å². The second kappa shape index (κ2) is 7.78. The van der Waals surface area contributed by atoms with Crippen molar-refractivity contribution in [2.24, 2.45) is 0 Å². The van der Waals surface area contributed by atoms with Gasteiger partial charge in [0, 0.05) is 17.6 Å². The Bertz CT molecular complexity index is 584. The molecule has 0 fully saturated rings. The third kappa shape index (κ3) is 5.55. The Hall–Kier alpha value is -1.88. The summed E-state index contributed by atoms with van der Waals surface area (Å²) in [6.07, 6.45) is 0.673. The number of rotatable bonds is 5. The number of hydrogen-bond donors (Lipinski definition) is 2. The fourth-order valence-electron chi connectivity index (χ4n) is 1.82. The van der Waals surface area contributed by atoms with Gasteiger partial charge in [0.25, 0.3) is 0 Å². The van der Waals surface area contributed by atoms with Gasteiger partial charge in [-0.3, -0.25) is 0 Å². The first-order valence-electron chi connectivity index (χ1n) is 6.64. The zero-order valence-corrected chi connectivity index (χ0v) is 13.0. The minimum Gasteiger partial charge on any atom is -0.338 e. The summed E-state index contributed by atoms with van der Waals surface area (Å²) in [5, 5.41) is 5.56. The lowest BCUT2D eigenvalue weighted by Gasteiger charge is -2.08. The Balaban J connectivity index is 1.67. The summed E-state index contributed by atoms with van der Waals surface area (Å²) in [5.74, 6) is -0.251. The lowest BCUT2D eigenvalue weighted by atomic mass is 10.1. The van der Waals surface area contributed by atoms with Crippen molar-refractivity contribution in [1.82, 2.24) is 10.6 Å². The molecular weight excluding hydrogens is 335 g/mol. The zero-order valence-electron chi connectivity index (χ0n) is 11.4. The van der Waals surface area contributed by atoms with E-state index in [0.29, 0.717) is 19.5 Å². The number of carbonyl (C=O) groups is 1. The third-order valence-electron chi connectivity index (χ3n) is 2.98. The molecule has 0 heterocycles. The first kappa shape index (κ1) is 15.5. The van der Waals surface area contributed by atoms with Gasteiger partial charge < -0.3 is 10.6 Å². The lowest BCUT2D eigenvalue weighted by Crippen LogP contribution is -2.36. The molecule has 0 aliphatic heterocycles. The fourth-order valence-corrected chi connectivity index (χ4v) is 2.08. The van der Waals surface area contributed by atoms with Gasteiger partial charge in [-0.25, -0.2) is 9.18 Å². The van der Waals surface area contributed by atoms with Crippen LogP contribution in [-0.4, -0.2) is 12.6 Å². The van der Waals surface area contributed by atoms with Crippen LogP contribution in [0.5, 0.6) is 0 Å².